The smallest absolute Gasteiger partial charge is 0.343 e. The van der Waals surface area contributed by atoms with E-state index in [1.807, 2.05) is 20.8 Å². The molecule has 4 saturated carbocycles. The minimum Gasteiger partial charge on any atom is -0.462 e. The average Bonchev–Trinajstić information content (AvgIpc) is 2.53. The van der Waals surface area contributed by atoms with Crippen LogP contribution in [0.4, 0.5) is 11.8 Å². The van der Waals surface area contributed by atoms with Gasteiger partial charge in [0.2, 0.25) is 5.95 Å². The van der Waals surface area contributed by atoms with Crippen LogP contribution in [0.15, 0.2) is 6.20 Å². The second-order valence-corrected chi connectivity index (χ2v) is 10.1. The Morgan fingerprint density at radius 2 is 1.90 bits per heavy atom. The zero-order chi connectivity index (χ0) is 20.8. The van der Waals surface area contributed by atoms with Crippen LogP contribution < -0.4 is 11.1 Å². The van der Waals surface area contributed by atoms with Crippen molar-refractivity contribution in [2.75, 3.05) is 17.7 Å². The molecular formula is C21H28N4O4. The first kappa shape index (κ1) is 18.6. The standard InChI is InChI=1S/C21H28N4O4/c1-5-28-15(26)13-10-23-17(22)24-14(13)25-20-8-11-6-19(16(27)29-18(2,3)4)7-12(9-20)21(11,19)20/h10-12H,5-9H2,1-4H3,(H3,22,23,24,25). The van der Waals surface area contributed by atoms with E-state index in [0.717, 1.165) is 25.7 Å². The first-order valence-corrected chi connectivity index (χ1v) is 10.4. The lowest BCUT2D eigenvalue weighted by molar-refractivity contribution is -0.421. The van der Waals surface area contributed by atoms with Crippen LogP contribution in [0.25, 0.3) is 0 Å². The molecule has 0 bridgehead atoms. The molecule has 2 atom stereocenters. The zero-order valence-electron chi connectivity index (χ0n) is 17.4. The summed E-state index contributed by atoms with van der Waals surface area (Å²) in [5.74, 6) is 1.01. The summed E-state index contributed by atoms with van der Waals surface area (Å²) in [5.41, 5.74) is 4.86. The third kappa shape index (κ3) is 2.04. The summed E-state index contributed by atoms with van der Waals surface area (Å²) in [6.45, 7) is 7.75. The van der Waals surface area contributed by atoms with Gasteiger partial charge in [-0.3, -0.25) is 4.79 Å². The highest BCUT2D eigenvalue weighted by Crippen LogP contribution is 2.94. The summed E-state index contributed by atoms with van der Waals surface area (Å²) in [6.07, 6.45) is 5.16. The van der Waals surface area contributed by atoms with E-state index < -0.39 is 17.0 Å². The quantitative estimate of drug-likeness (QED) is 0.724. The molecule has 3 N–H and O–H groups in total. The number of nitrogens with two attached hydrogens (primary N) is 1. The maximum Gasteiger partial charge on any atom is 0.343 e. The predicted octanol–water partition coefficient (Wildman–Crippen LogP) is 2.55. The van der Waals surface area contributed by atoms with E-state index in [0.29, 0.717) is 17.7 Å². The molecule has 0 radical (unpaired) electrons. The summed E-state index contributed by atoms with van der Waals surface area (Å²) in [7, 11) is 0. The first-order valence-electron chi connectivity index (χ1n) is 10.4. The lowest BCUT2D eigenvalue weighted by Crippen LogP contribution is -2.96. The number of nitrogen functional groups attached to an aromatic ring is 1. The number of rotatable bonds is 5. The van der Waals surface area contributed by atoms with Gasteiger partial charge < -0.3 is 20.5 Å². The van der Waals surface area contributed by atoms with E-state index in [4.69, 9.17) is 15.2 Å². The zero-order valence-corrected chi connectivity index (χ0v) is 17.4. The number of hydrogen-bond acceptors (Lipinski definition) is 8. The van der Waals surface area contributed by atoms with Crippen molar-refractivity contribution in [1.29, 1.82) is 0 Å². The van der Waals surface area contributed by atoms with Crippen LogP contribution in [-0.2, 0) is 14.3 Å². The van der Waals surface area contributed by atoms with Gasteiger partial charge in [0.1, 0.15) is 17.0 Å². The highest BCUT2D eigenvalue weighted by molar-refractivity contribution is 5.95. The fourth-order valence-corrected chi connectivity index (χ4v) is 7.14. The summed E-state index contributed by atoms with van der Waals surface area (Å²) >= 11 is 0. The van der Waals surface area contributed by atoms with Gasteiger partial charge in [-0.15, -0.1) is 0 Å². The van der Waals surface area contributed by atoms with Crippen LogP contribution in [0.2, 0.25) is 0 Å². The van der Waals surface area contributed by atoms with Crippen LogP contribution in [0.5, 0.6) is 0 Å². The highest BCUT2D eigenvalue weighted by atomic mass is 16.6. The van der Waals surface area contributed by atoms with Gasteiger partial charge in [-0.1, -0.05) is 0 Å². The summed E-state index contributed by atoms with van der Waals surface area (Å²) < 4.78 is 11.0. The SMILES string of the molecule is CCOC(=O)c1cnc(N)nc1NC12CC3CC4(C(=O)OC(C)(C)C)CC(C1)C324. The Hall–Kier alpha value is -2.38. The van der Waals surface area contributed by atoms with Crippen molar-refractivity contribution in [3.63, 3.8) is 0 Å². The van der Waals surface area contributed by atoms with Crippen molar-refractivity contribution in [3.8, 4) is 0 Å². The summed E-state index contributed by atoms with van der Waals surface area (Å²) in [5, 5.41) is 3.53. The van der Waals surface area contributed by atoms with Crippen molar-refractivity contribution in [3.05, 3.63) is 11.8 Å². The van der Waals surface area contributed by atoms with Crippen LogP contribution in [-0.4, -0.2) is 39.7 Å². The van der Waals surface area contributed by atoms with E-state index in [2.05, 4.69) is 15.3 Å². The third-order valence-corrected chi connectivity index (χ3v) is 7.70. The van der Waals surface area contributed by atoms with Crippen LogP contribution in [0.3, 0.4) is 0 Å². The molecule has 5 rings (SSSR count). The molecule has 1 heterocycles. The Labute approximate surface area is 169 Å². The molecule has 4 aliphatic carbocycles. The first-order chi connectivity index (χ1) is 13.6. The van der Waals surface area contributed by atoms with Gasteiger partial charge in [0.25, 0.3) is 0 Å². The molecule has 0 aliphatic heterocycles. The number of esters is 2. The number of nitrogens with one attached hydrogen (secondary N) is 1. The van der Waals surface area contributed by atoms with Gasteiger partial charge in [0.15, 0.2) is 0 Å². The fourth-order valence-electron chi connectivity index (χ4n) is 7.14. The van der Waals surface area contributed by atoms with Gasteiger partial charge in [0, 0.05) is 17.2 Å². The molecule has 1 aromatic heterocycles. The largest absolute Gasteiger partial charge is 0.462 e. The molecule has 0 aromatic carbocycles. The van der Waals surface area contributed by atoms with Gasteiger partial charge in [-0.25, -0.2) is 9.78 Å². The van der Waals surface area contributed by atoms with Gasteiger partial charge in [-0.05, 0) is 65.2 Å². The van der Waals surface area contributed by atoms with E-state index in [-0.39, 0.29) is 35.0 Å². The van der Waals surface area contributed by atoms with Crippen LogP contribution in [0.1, 0.15) is 63.7 Å². The fraction of sp³-hybridized carbons (Fsp3) is 0.714. The molecule has 1 aromatic rings. The summed E-state index contributed by atoms with van der Waals surface area (Å²) in [4.78, 5) is 33.7. The van der Waals surface area contributed by atoms with Crippen molar-refractivity contribution in [2.45, 2.75) is 64.5 Å². The lowest BCUT2D eigenvalue weighted by atomic mass is 9.10. The third-order valence-electron chi connectivity index (χ3n) is 7.70. The Kier molecular flexibility index (Phi) is 3.47. The van der Waals surface area contributed by atoms with Crippen LogP contribution >= 0.6 is 0 Å². The Morgan fingerprint density at radius 3 is 2.45 bits per heavy atom. The van der Waals surface area contributed by atoms with Crippen LogP contribution in [0, 0.1) is 22.7 Å². The van der Waals surface area contributed by atoms with E-state index in [9.17, 15) is 9.59 Å². The minimum absolute atomic E-state index is 0.0732. The lowest BCUT2D eigenvalue weighted by Gasteiger charge is -2.94. The molecule has 4 fully saturated rings. The second-order valence-electron chi connectivity index (χ2n) is 10.1. The van der Waals surface area contributed by atoms with Gasteiger partial charge in [-0.2, -0.15) is 4.98 Å². The second kappa shape index (κ2) is 5.40. The Morgan fingerprint density at radius 1 is 1.24 bits per heavy atom. The molecule has 4 aliphatic rings. The van der Waals surface area contributed by atoms with Crippen molar-refractivity contribution in [2.24, 2.45) is 22.7 Å². The number of carbonyl (C=O) groups is 2. The van der Waals surface area contributed by atoms with Crippen molar-refractivity contribution >= 4 is 23.7 Å². The Balaban J connectivity index is 1.44. The molecule has 29 heavy (non-hydrogen) atoms. The van der Waals surface area contributed by atoms with Crippen molar-refractivity contribution in [1.82, 2.24) is 9.97 Å². The molecule has 0 amide bonds. The van der Waals surface area contributed by atoms with E-state index >= 15 is 0 Å². The topological polar surface area (TPSA) is 116 Å². The van der Waals surface area contributed by atoms with Crippen molar-refractivity contribution < 1.29 is 19.1 Å². The maximum absolute atomic E-state index is 13.1. The summed E-state index contributed by atoms with van der Waals surface area (Å²) in [6, 6.07) is 0. The van der Waals surface area contributed by atoms with Gasteiger partial charge in [0.05, 0.1) is 12.0 Å². The number of carbonyl (C=O) groups excluding carboxylic acids is 2. The molecule has 1 spiro atoms. The minimum atomic E-state index is -0.500. The van der Waals surface area contributed by atoms with E-state index in [1.54, 1.807) is 6.92 Å². The molecular weight excluding hydrogens is 372 g/mol. The highest BCUT2D eigenvalue weighted by Gasteiger charge is 2.96. The molecule has 2 unspecified atom stereocenters. The number of ether oxygens (including phenoxy) is 2. The molecule has 8 nitrogen and oxygen atoms in total. The molecule has 156 valence electrons. The Bertz CT molecular complexity index is 906. The molecule has 8 heteroatoms. The maximum atomic E-state index is 13.1. The average molecular weight is 400 g/mol. The normalized spacial score (nSPS) is 38.1. The molecule has 0 saturated heterocycles. The predicted molar refractivity (Wildman–Crippen MR) is 105 cm³/mol. The number of anilines is 2. The number of aromatic nitrogens is 2. The number of hydrogen-bond donors (Lipinski definition) is 2. The number of nitrogens with zero attached hydrogens (tertiary/aromatic N) is 2. The van der Waals surface area contributed by atoms with Gasteiger partial charge >= 0.3 is 11.9 Å². The van der Waals surface area contributed by atoms with E-state index in [1.165, 1.54) is 6.20 Å². The monoisotopic (exact) mass is 400 g/mol.